The van der Waals surface area contributed by atoms with E-state index in [9.17, 15) is 5.11 Å². The van der Waals surface area contributed by atoms with Crippen molar-refractivity contribution in [2.24, 2.45) is 5.92 Å². The predicted molar refractivity (Wildman–Crippen MR) is 87.5 cm³/mol. The molecule has 116 valence electrons. The quantitative estimate of drug-likeness (QED) is 0.872. The number of ether oxygens (including phenoxy) is 2. The van der Waals surface area contributed by atoms with Gasteiger partial charge in [0.2, 0.25) is 0 Å². The van der Waals surface area contributed by atoms with E-state index in [4.69, 9.17) is 9.47 Å². The standard InChI is InChI=1S/C19H22O3/c1-4-14(17-12-21-19(2,3)22-17)18(20)16-11-7-9-13-8-5-6-10-15(13)16/h4-11,14,17-18,20H,1,12H2,2-3H3/t14-,17+,18+/m0/s1. The van der Waals surface area contributed by atoms with Crippen molar-refractivity contribution >= 4 is 10.8 Å². The Morgan fingerprint density at radius 1 is 1.23 bits per heavy atom. The molecule has 1 fully saturated rings. The molecular formula is C19H22O3. The van der Waals surface area contributed by atoms with Gasteiger partial charge >= 0.3 is 0 Å². The van der Waals surface area contributed by atoms with Gasteiger partial charge in [-0.05, 0) is 30.2 Å². The molecule has 22 heavy (non-hydrogen) atoms. The van der Waals surface area contributed by atoms with E-state index in [1.165, 1.54) is 0 Å². The van der Waals surface area contributed by atoms with Crippen LogP contribution >= 0.6 is 0 Å². The monoisotopic (exact) mass is 298 g/mol. The topological polar surface area (TPSA) is 38.7 Å². The highest BCUT2D eigenvalue weighted by molar-refractivity contribution is 5.86. The Morgan fingerprint density at radius 3 is 2.64 bits per heavy atom. The van der Waals surface area contributed by atoms with Gasteiger partial charge < -0.3 is 14.6 Å². The Morgan fingerprint density at radius 2 is 1.95 bits per heavy atom. The van der Waals surface area contributed by atoms with Crippen LogP contribution in [0.3, 0.4) is 0 Å². The Kier molecular flexibility index (Phi) is 4.04. The molecule has 3 heteroatoms. The molecule has 0 spiro atoms. The van der Waals surface area contributed by atoms with Gasteiger partial charge in [-0.15, -0.1) is 6.58 Å². The minimum Gasteiger partial charge on any atom is -0.388 e. The average Bonchev–Trinajstić information content (AvgIpc) is 2.87. The third-order valence-electron chi connectivity index (χ3n) is 4.24. The highest BCUT2D eigenvalue weighted by Crippen LogP contribution is 2.36. The predicted octanol–water partition coefficient (Wildman–Crippen LogP) is 3.83. The van der Waals surface area contributed by atoms with E-state index in [1.54, 1.807) is 6.08 Å². The van der Waals surface area contributed by atoms with Gasteiger partial charge in [0.25, 0.3) is 0 Å². The molecule has 1 N–H and O–H groups in total. The summed E-state index contributed by atoms with van der Waals surface area (Å²) in [7, 11) is 0. The maximum Gasteiger partial charge on any atom is 0.163 e. The lowest BCUT2D eigenvalue weighted by molar-refractivity contribution is -0.146. The SMILES string of the molecule is C=C[C@@H]([C@H]1COC(C)(C)O1)[C@@H](O)c1cccc2ccccc12. The van der Waals surface area contributed by atoms with E-state index in [2.05, 4.69) is 6.58 Å². The summed E-state index contributed by atoms with van der Waals surface area (Å²) < 4.78 is 11.5. The lowest BCUT2D eigenvalue weighted by Crippen LogP contribution is -2.29. The van der Waals surface area contributed by atoms with Crippen LogP contribution < -0.4 is 0 Å². The molecule has 0 aromatic heterocycles. The molecule has 0 unspecified atom stereocenters. The molecule has 1 saturated heterocycles. The smallest absolute Gasteiger partial charge is 0.163 e. The molecule has 3 atom stereocenters. The fourth-order valence-electron chi connectivity index (χ4n) is 3.10. The number of rotatable bonds is 4. The van der Waals surface area contributed by atoms with E-state index in [1.807, 2.05) is 56.3 Å². The molecule has 0 bridgehead atoms. The number of hydrogen-bond donors (Lipinski definition) is 1. The van der Waals surface area contributed by atoms with Gasteiger partial charge in [0.05, 0.1) is 18.8 Å². The summed E-state index contributed by atoms with van der Waals surface area (Å²) in [6, 6.07) is 14.0. The van der Waals surface area contributed by atoms with Crippen molar-refractivity contribution in [3.05, 3.63) is 60.7 Å². The Hall–Kier alpha value is -1.68. The second-order valence-electron chi connectivity index (χ2n) is 6.19. The molecule has 3 rings (SSSR count). The molecule has 1 aliphatic rings. The molecular weight excluding hydrogens is 276 g/mol. The summed E-state index contributed by atoms with van der Waals surface area (Å²) in [6.07, 6.45) is 0.898. The minimum absolute atomic E-state index is 0.193. The third-order valence-corrected chi connectivity index (χ3v) is 4.24. The molecule has 0 radical (unpaired) electrons. The lowest BCUT2D eigenvalue weighted by atomic mass is 9.88. The molecule has 2 aromatic rings. The number of aliphatic hydroxyl groups is 1. The first kappa shape index (κ1) is 15.2. The van der Waals surface area contributed by atoms with Gasteiger partial charge in [-0.25, -0.2) is 0 Å². The molecule has 1 heterocycles. The van der Waals surface area contributed by atoms with E-state index in [0.29, 0.717) is 6.61 Å². The van der Waals surface area contributed by atoms with Crippen LogP contribution in [0.2, 0.25) is 0 Å². The molecule has 0 saturated carbocycles. The second-order valence-corrected chi connectivity index (χ2v) is 6.19. The molecule has 0 amide bonds. The number of fused-ring (bicyclic) bond motifs is 1. The summed E-state index contributed by atoms with van der Waals surface area (Å²) >= 11 is 0. The van der Waals surface area contributed by atoms with Crippen molar-refractivity contribution in [3.8, 4) is 0 Å². The number of benzene rings is 2. The van der Waals surface area contributed by atoms with Crippen LogP contribution in [0.25, 0.3) is 10.8 Å². The van der Waals surface area contributed by atoms with Crippen LogP contribution in [0.1, 0.15) is 25.5 Å². The summed E-state index contributed by atoms with van der Waals surface area (Å²) in [4.78, 5) is 0. The lowest BCUT2D eigenvalue weighted by Gasteiger charge is -2.26. The molecule has 1 aliphatic heterocycles. The van der Waals surface area contributed by atoms with Crippen LogP contribution in [-0.2, 0) is 9.47 Å². The fourth-order valence-corrected chi connectivity index (χ4v) is 3.10. The summed E-state index contributed by atoms with van der Waals surface area (Å²) in [6.45, 7) is 8.12. The second kappa shape index (κ2) is 5.84. The summed E-state index contributed by atoms with van der Waals surface area (Å²) in [5, 5.41) is 13.1. The van der Waals surface area contributed by atoms with Crippen molar-refractivity contribution in [2.75, 3.05) is 6.61 Å². The maximum atomic E-state index is 10.9. The van der Waals surface area contributed by atoms with E-state index < -0.39 is 11.9 Å². The van der Waals surface area contributed by atoms with Gasteiger partial charge in [-0.2, -0.15) is 0 Å². The van der Waals surface area contributed by atoms with Crippen LogP contribution in [-0.4, -0.2) is 23.6 Å². The average molecular weight is 298 g/mol. The van der Waals surface area contributed by atoms with Crippen molar-refractivity contribution < 1.29 is 14.6 Å². The summed E-state index contributed by atoms with van der Waals surface area (Å²) in [5.41, 5.74) is 0.899. The molecule has 2 aromatic carbocycles. The number of aliphatic hydroxyl groups excluding tert-OH is 1. The normalized spacial score (nSPS) is 23.3. The van der Waals surface area contributed by atoms with Crippen molar-refractivity contribution in [1.29, 1.82) is 0 Å². The van der Waals surface area contributed by atoms with Crippen LogP contribution in [0, 0.1) is 5.92 Å². The van der Waals surface area contributed by atoms with Gasteiger partial charge in [-0.3, -0.25) is 0 Å². The van der Waals surface area contributed by atoms with E-state index in [-0.39, 0.29) is 12.0 Å². The molecule has 0 aliphatic carbocycles. The first-order valence-corrected chi connectivity index (χ1v) is 7.62. The third kappa shape index (κ3) is 2.80. The van der Waals surface area contributed by atoms with Gasteiger partial charge in [0.15, 0.2) is 5.79 Å². The van der Waals surface area contributed by atoms with Gasteiger partial charge in [0.1, 0.15) is 0 Å². The first-order valence-electron chi connectivity index (χ1n) is 7.62. The highest BCUT2D eigenvalue weighted by Gasteiger charge is 2.39. The number of hydrogen-bond acceptors (Lipinski definition) is 3. The zero-order valence-corrected chi connectivity index (χ0v) is 13.0. The van der Waals surface area contributed by atoms with Crippen molar-refractivity contribution in [2.45, 2.75) is 31.8 Å². The van der Waals surface area contributed by atoms with Gasteiger partial charge in [-0.1, -0.05) is 48.5 Å². The largest absolute Gasteiger partial charge is 0.388 e. The van der Waals surface area contributed by atoms with Crippen molar-refractivity contribution in [3.63, 3.8) is 0 Å². The van der Waals surface area contributed by atoms with Crippen LogP contribution in [0.15, 0.2) is 55.1 Å². The van der Waals surface area contributed by atoms with Crippen molar-refractivity contribution in [1.82, 2.24) is 0 Å². The molecule has 3 nitrogen and oxygen atoms in total. The van der Waals surface area contributed by atoms with E-state index in [0.717, 1.165) is 16.3 Å². The first-order chi connectivity index (χ1) is 10.5. The Balaban J connectivity index is 1.94. The summed E-state index contributed by atoms with van der Waals surface area (Å²) in [5.74, 6) is -0.822. The van der Waals surface area contributed by atoms with Crippen LogP contribution in [0.4, 0.5) is 0 Å². The minimum atomic E-state index is -0.675. The zero-order valence-electron chi connectivity index (χ0n) is 13.0. The zero-order chi connectivity index (χ0) is 15.7. The fraction of sp³-hybridized carbons (Fsp3) is 0.368. The Labute approximate surface area is 131 Å². The highest BCUT2D eigenvalue weighted by atomic mass is 16.7. The Bertz CT molecular complexity index is 672. The van der Waals surface area contributed by atoms with Crippen LogP contribution in [0.5, 0.6) is 0 Å². The van der Waals surface area contributed by atoms with Gasteiger partial charge in [0, 0.05) is 5.92 Å². The van der Waals surface area contributed by atoms with E-state index >= 15 is 0 Å². The maximum absolute atomic E-state index is 10.9.